The van der Waals surface area contributed by atoms with E-state index in [2.05, 4.69) is 20.9 Å². The summed E-state index contributed by atoms with van der Waals surface area (Å²) in [5.41, 5.74) is 2.04. The summed E-state index contributed by atoms with van der Waals surface area (Å²) in [5.74, 6) is -1.38. The number of rotatable bonds is 6. The standard InChI is InChI=1S/C19H20N6O5/c1-30-7-6-20-17(27)14-10-25(23-22-14)12-2-3-13-11(8-12)9-24(19(13)29)15-4-5-16(26)21-18(15)28/h2-3,8,10,15H,4-7,9H2,1H3,(H,20,27)(H,21,26,28). The summed E-state index contributed by atoms with van der Waals surface area (Å²) in [6, 6.07) is 4.48. The van der Waals surface area contributed by atoms with Crippen LogP contribution in [0.2, 0.25) is 0 Å². The van der Waals surface area contributed by atoms with Crippen molar-refractivity contribution >= 4 is 23.6 Å². The maximum absolute atomic E-state index is 12.8. The van der Waals surface area contributed by atoms with Gasteiger partial charge in [-0.05, 0) is 30.2 Å². The molecule has 1 saturated heterocycles. The van der Waals surface area contributed by atoms with Crippen molar-refractivity contribution in [1.82, 2.24) is 30.5 Å². The average molecular weight is 412 g/mol. The van der Waals surface area contributed by atoms with Crippen LogP contribution in [0.1, 0.15) is 39.3 Å². The molecule has 4 rings (SSSR count). The Hall–Kier alpha value is -3.60. The third-order valence-electron chi connectivity index (χ3n) is 5.09. The van der Waals surface area contributed by atoms with E-state index in [1.165, 1.54) is 15.8 Å². The molecule has 1 aromatic carbocycles. The van der Waals surface area contributed by atoms with Crippen molar-refractivity contribution in [1.29, 1.82) is 0 Å². The lowest BCUT2D eigenvalue weighted by atomic mass is 10.0. The quantitative estimate of drug-likeness (QED) is 0.478. The predicted molar refractivity (Wildman–Crippen MR) is 102 cm³/mol. The Morgan fingerprint density at radius 2 is 2.17 bits per heavy atom. The first-order chi connectivity index (χ1) is 14.5. The molecule has 1 fully saturated rings. The summed E-state index contributed by atoms with van der Waals surface area (Å²) in [5, 5.41) is 12.8. The molecule has 4 amide bonds. The molecule has 3 heterocycles. The van der Waals surface area contributed by atoms with Gasteiger partial charge in [-0.1, -0.05) is 5.21 Å². The van der Waals surface area contributed by atoms with Gasteiger partial charge in [-0.2, -0.15) is 0 Å². The van der Waals surface area contributed by atoms with E-state index in [0.717, 1.165) is 5.56 Å². The second kappa shape index (κ2) is 8.03. The number of amides is 4. The zero-order chi connectivity index (χ0) is 21.3. The third-order valence-corrected chi connectivity index (χ3v) is 5.09. The number of nitrogens with one attached hydrogen (secondary N) is 2. The number of nitrogens with zero attached hydrogens (tertiary/aromatic N) is 4. The Balaban J connectivity index is 1.50. The second-order valence-corrected chi connectivity index (χ2v) is 7.04. The highest BCUT2D eigenvalue weighted by Gasteiger charge is 2.39. The molecule has 1 aromatic heterocycles. The first-order valence-corrected chi connectivity index (χ1v) is 9.45. The van der Waals surface area contributed by atoms with Gasteiger partial charge in [-0.25, -0.2) is 4.68 Å². The van der Waals surface area contributed by atoms with Gasteiger partial charge in [0, 0.05) is 32.2 Å². The maximum Gasteiger partial charge on any atom is 0.273 e. The highest BCUT2D eigenvalue weighted by atomic mass is 16.5. The largest absolute Gasteiger partial charge is 0.383 e. The van der Waals surface area contributed by atoms with Gasteiger partial charge >= 0.3 is 0 Å². The smallest absolute Gasteiger partial charge is 0.273 e. The van der Waals surface area contributed by atoms with Crippen molar-refractivity contribution in [3.63, 3.8) is 0 Å². The molecule has 0 spiro atoms. The molecule has 2 aliphatic rings. The number of imide groups is 1. The molecule has 0 radical (unpaired) electrons. The van der Waals surface area contributed by atoms with Crippen LogP contribution in [0.3, 0.4) is 0 Å². The molecule has 11 heteroatoms. The number of carbonyl (C=O) groups excluding carboxylic acids is 4. The van der Waals surface area contributed by atoms with Crippen molar-refractivity contribution in [3.8, 4) is 5.69 Å². The highest BCUT2D eigenvalue weighted by Crippen LogP contribution is 2.28. The first kappa shape index (κ1) is 19.7. The summed E-state index contributed by atoms with van der Waals surface area (Å²) in [6.45, 7) is 1.01. The Labute approximate surface area is 171 Å². The monoisotopic (exact) mass is 412 g/mol. The van der Waals surface area contributed by atoms with Crippen LogP contribution in [0, 0.1) is 0 Å². The summed E-state index contributed by atoms with van der Waals surface area (Å²) < 4.78 is 6.34. The van der Waals surface area contributed by atoms with Crippen LogP contribution in [0.25, 0.3) is 5.69 Å². The van der Waals surface area contributed by atoms with E-state index in [9.17, 15) is 19.2 Å². The van der Waals surface area contributed by atoms with Crippen molar-refractivity contribution in [2.24, 2.45) is 0 Å². The van der Waals surface area contributed by atoms with Gasteiger partial charge in [0.05, 0.1) is 18.5 Å². The molecule has 0 bridgehead atoms. The number of aromatic nitrogens is 3. The summed E-state index contributed by atoms with van der Waals surface area (Å²) in [4.78, 5) is 49.8. The number of piperidine rings is 1. The molecular weight excluding hydrogens is 392 g/mol. The summed E-state index contributed by atoms with van der Waals surface area (Å²) >= 11 is 0. The fourth-order valence-corrected chi connectivity index (χ4v) is 3.55. The molecule has 30 heavy (non-hydrogen) atoms. The highest BCUT2D eigenvalue weighted by molar-refractivity contribution is 6.05. The van der Waals surface area contributed by atoms with Crippen LogP contribution in [0.15, 0.2) is 24.4 Å². The topological polar surface area (TPSA) is 136 Å². The summed E-state index contributed by atoms with van der Waals surface area (Å²) in [7, 11) is 1.54. The lowest BCUT2D eigenvalue weighted by molar-refractivity contribution is -0.136. The van der Waals surface area contributed by atoms with Gasteiger partial charge in [0.2, 0.25) is 11.8 Å². The van der Waals surface area contributed by atoms with E-state index in [1.807, 2.05) is 0 Å². The van der Waals surface area contributed by atoms with E-state index in [-0.39, 0.29) is 36.4 Å². The van der Waals surface area contributed by atoms with Gasteiger partial charge in [-0.3, -0.25) is 24.5 Å². The number of fused-ring (bicyclic) bond motifs is 1. The van der Waals surface area contributed by atoms with Gasteiger partial charge in [0.15, 0.2) is 5.69 Å². The molecule has 1 unspecified atom stereocenters. The molecule has 156 valence electrons. The lowest BCUT2D eigenvalue weighted by Crippen LogP contribution is -2.52. The molecule has 1 atom stereocenters. The van der Waals surface area contributed by atoms with E-state index < -0.39 is 11.9 Å². The van der Waals surface area contributed by atoms with Gasteiger partial charge in [0.1, 0.15) is 6.04 Å². The van der Waals surface area contributed by atoms with Crippen LogP contribution in [0.5, 0.6) is 0 Å². The number of carbonyl (C=O) groups is 4. The number of benzene rings is 1. The fourth-order valence-electron chi connectivity index (χ4n) is 3.55. The number of hydrogen-bond donors (Lipinski definition) is 2. The van der Waals surface area contributed by atoms with Crippen LogP contribution in [-0.2, 0) is 20.9 Å². The van der Waals surface area contributed by atoms with Crippen molar-refractivity contribution in [2.75, 3.05) is 20.3 Å². The SMILES string of the molecule is COCCNC(=O)c1cn(-c2ccc3c(c2)CN(C2CCC(=O)NC2=O)C3=O)nn1. The molecule has 11 nitrogen and oxygen atoms in total. The fraction of sp³-hybridized carbons (Fsp3) is 0.368. The Morgan fingerprint density at radius 3 is 2.93 bits per heavy atom. The molecule has 2 aromatic rings. The van der Waals surface area contributed by atoms with Crippen LogP contribution >= 0.6 is 0 Å². The van der Waals surface area contributed by atoms with E-state index in [0.29, 0.717) is 30.8 Å². The zero-order valence-electron chi connectivity index (χ0n) is 16.3. The van der Waals surface area contributed by atoms with Gasteiger partial charge in [0.25, 0.3) is 11.8 Å². The van der Waals surface area contributed by atoms with Crippen molar-refractivity contribution in [3.05, 3.63) is 41.2 Å². The lowest BCUT2D eigenvalue weighted by Gasteiger charge is -2.29. The molecule has 2 aliphatic heterocycles. The zero-order valence-corrected chi connectivity index (χ0v) is 16.3. The third kappa shape index (κ3) is 3.66. The number of hydrogen-bond acceptors (Lipinski definition) is 7. The van der Waals surface area contributed by atoms with Gasteiger partial charge < -0.3 is 15.0 Å². The van der Waals surface area contributed by atoms with E-state index in [1.54, 1.807) is 25.3 Å². The Kier molecular flexibility index (Phi) is 5.27. The number of methoxy groups -OCH3 is 1. The molecule has 0 saturated carbocycles. The molecular formula is C19H20N6O5. The van der Waals surface area contributed by atoms with Crippen molar-refractivity contribution in [2.45, 2.75) is 25.4 Å². The maximum atomic E-state index is 12.8. The van der Waals surface area contributed by atoms with Crippen LogP contribution < -0.4 is 10.6 Å². The first-order valence-electron chi connectivity index (χ1n) is 9.45. The predicted octanol–water partition coefficient (Wildman–Crippen LogP) is -0.595. The second-order valence-electron chi connectivity index (χ2n) is 7.04. The van der Waals surface area contributed by atoms with Gasteiger partial charge in [-0.15, -0.1) is 5.10 Å². The summed E-state index contributed by atoms with van der Waals surface area (Å²) in [6.07, 6.45) is 2.01. The number of ether oxygens (including phenoxy) is 1. The Bertz CT molecular complexity index is 1030. The van der Waals surface area contributed by atoms with Crippen LogP contribution in [-0.4, -0.2) is 69.8 Å². The molecule has 2 N–H and O–H groups in total. The minimum Gasteiger partial charge on any atom is -0.383 e. The van der Waals surface area contributed by atoms with E-state index >= 15 is 0 Å². The minimum absolute atomic E-state index is 0.160. The van der Waals surface area contributed by atoms with Crippen LogP contribution in [0.4, 0.5) is 0 Å². The average Bonchev–Trinajstić information content (AvgIpc) is 3.33. The minimum atomic E-state index is -0.667. The Morgan fingerprint density at radius 1 is 1.33 bits per heavy atom. The molecule has 0 aliphatic carbocycles. The van der Waals surface area contributed by atoms with E-state index in [4.69, 9.17) is 4.74 Å². The van der Waals surface area contributed by atoms with Crippen molar-refractivity contribution < 1.29 is 23.9 Å². The normalized spacial score (nSPS) is 18.4.